The first kappa shape index (κ1) is 19.4. The molecule has 0 saturated carbocycles. The maximum absolute atomic E-state index is 12.7. The SMILES string of the molecule is COc1ccc(NC(=O)c2cccnc2Sc2ccc(NC(C)=O)nc2)cc1. The summed E-state index contributed by atoms with van der Waals surface area (Å²) in [5, 5.41) is 6.03. The van der Waals surface area contributed by atoms with Gasteiger partial charge in [-0.15, -0.1) is 0 Å². The van der Waals surface area contributed by atoms with Gasteiger partial charge in [-0.1, -0.05) is 11.8 Å². The van der Waals surface area contributed by atoms with Crippen molar-refractivity contribution in [2.45, 2.75) is 16.8 Å². The Morgan fingerprint density at radius 1 is 1.00 bits per heavy atom. The van der Waals surface area contributed by atoms with Gasteiger partial charge in [0, 0.05) is 29.9 Å². The molecule has 0 unspecified atom stereocenters. The Morgan fingerprint density at radius 3 is 2.43 bits per heavy atom. The Labute approximate surface area is 166 Å². The fourth-order valence-corrected chi connectivity index (χ4v) is 3.17. The van der Waals surface area contributed by atoms with Gasteiger partial charge in [-0.05, 0) is 48.5 Å². The molecule has 8 heteroatoms. The molecule has 3 aromatic rings. The summed E-state index contributed by atoms with van der Waals surface area (Å²) in [6.07, 6.45) is 3.25. The first-order valence-corrected chi connectivity index (χ1v) is 9.19. The highest BCUT2D eigenvalue weighted by Crippen LogP contribution is 2.29. The number of amides is 2. The van der Waals surface area contributed by atoms with Gasteiger partial charge in [-0.2, -0.15) is 0 Å². The molecule has 0 saturated heterocycles. The Balaban J connectivity index is 1.74. The van der Waals surface area contributed by atoms with Crippen molar-refractivity contribution in [1.29, 1.82) is 0 Å². The van der Waals surface area contributed by atoms with Crippen LogP contribution in [0.5, 0.6) is 5.75 Å². The number of benzene rings is 1. The topological polar surface area (TPSA) is 93.2 Å². The molecule has 2 aromatic heterocycles. The standard InChI is InChI=1S/C20H18N4O3S/c1-13(25)23-18-10-9-16(12-22-18)28-20-17(4-3-11-21-20)19(26)24-14-5-7-15(27-2)8-6-14/h3-12H,1-2H3,(H,24,26)(H,22,23,25). The molecule has 0 aliphatic carbocycles. The van der Waals surface area contributed by atoms with Crippen LogP contribution in [0, 0.1) is 0 Å². The molecule has 7 nitrogen and oxygen atoms in total. The van der Waals surface area contributed by atoms with Crippen LogP contribution < -0.4 is 15.4 Å². The van der Waals surface area contributed by atoms with E-state index in [1.54, 1.807) is 62.0 Å². The van der Waals surface area contributed by atoms with E-state index in [0.29, 0.717) is 27.8 Å². The van der Waals surface area contributed by atoms with E-state index in [1.165, 1.54) is 18.7 Å². The van der Waals surface area contributed by atoms with Crippen molar-refractivity contribution in [3.63, 3.8) is 0 Å². The highest BCUT2D eigenvalue weighted by atomic mass is 32.2. The van der Waals surface area contributed by atoms with Gasteiger partial charge in [-0.25, -0.2) is 9.97 Å². The molecule has 0 fully saturated rings. The van der Waals surface area contributed by atoms with E-state index in [0.717, 1.165) is 4.90 Å². The van der Waals surface area contributed by atoms with Crippen molar-refractivity contribution in [2.24, 2.45) is 0 Å². The number of nitrogens with one attached hydrogen (secondary N) is 2. The van der Waals surface area contributed by atoms with Crippen molar-refractivity contribution in [1.82, 2.24) is 9.97 Å². The Bertz CT molecular complexity index is 976. The van der Waals surface area contributed by atoms with Crippen LogP contribution >= 0.6 is 11.8 Å². The highest BCUT2D eigenvalue weighted by Gasteiger charge is 2.14. The van der Waals surface area contributed by atoms with Crippen LogP contribution in [0.15, 0.2) is 70.8 Å². The Hall–Kier alpha value is -3.39. The van der Waals surface area contributed by atoms with Crippen molar-refractivity contribution < 1.29 is 14.3 Å². The van der Waals surface area contributed by atoms with Gasteiger partial charge >= 0.3 is 0 Å². The van der Waals surface area contributed by atoms with Crippen LogP contribution in [0.25, 0.3) is 0 Å². The molecule has 2 heterocycles. The summed E-state index contributed by atoms with van der Waals surface area (Å²) in [6.45, 7) is 1.42. The summed E-state index contributed by atoms with van der Waals surface area (Å²) in [4.78, 5) is 33.1. The number of pyridine rings is 2. The molecule has 0 aliphatic heterocycles. The summed E-state index contributed by atoms with van der Waals surface area (Å²) < 4.78 is 5.12. The predicted octanol–water partition coefficient (Wildman–Crippen LogP) is 3.85. The normalized spacial score (nSPS) is 10.2. The van der Waals surface area contributed by atoms with E-state index in [-0.39, 0.29) is 11.8 Å². The fourth-order valence-electron chi connectivity index (χ4n) is 2.32. The summed E-state index contributed by atoms with van der Waals surface area (Å²) in [5.41, 5.74) is 1.11. The third kappa shape index (κ3) is 5.08. The van der Waals surface area contributed by atoms with E-state index < -0.39 is 0 Å². The lowest BCUT2D eigenvalue weighted by molar-refractivity contribution is -0.114. The average Bonchev–Trinajstić information content (AvgIpc) is 2.70. The maximum atomic E-state index is 12.7. The summed E-state index contributed by atoms with van der Waals surface area (Å²) >= 11 is 1.32. The zero-order valence-electron chi connectivity index (χ0n) is 15.3. The fraction of sp³-hybridized carbons (Fsp3) is 0.100. The molecule has 2 N–H and O–H groups in total. The number of anilines is 2. The monoisotopic (exact) mass is 394 g/mol. The largest absolute Gasteiger partial charge is 0.497 e. The van der Waals surface area contributed by atoms with Crippen molar-refractivity contribution in [3.05, 3.63) is 66.5 Å². The molecule has 2 amide bonds. The first-order chi connectivity index (χ1) is 13.5. The zero-order chi connectivity index (χ0) is 19.9. The molecular weight excluding hydrogens is 376 g/mol. The Morgan fingerprint density at radius 2 is 1.79 bits per heavy atom. The number of nitrogens with zero attached hydrogens (tertiary/aromatic N) is 2. The minimum Gasteiger partial charge on any atom is -0.497 e. The van der Waals surface area contributed by atoms with Gasteiger partial charge in [0.25, 0.3) is 5.91 Å². The van der Waals surface area contributed by atoms with Gasteiger partial charge < -0.3 is 15.4 Å². The number of hydrogen-bond acceptors (Lipinski definition) is 6. The van der Waals surface area contributed by atoms with E-state index in [1.807, 2.05) is 6.07 Å². The van der Waals surface area contributed by atoms with Crippen LogP contribution in [0.4, 0.5) is 11.5 Å². The van der Waals surface area contributed by atoms with Crippen LogP contribution in [0.3, 0.4) is 0 Å². The number of hydrogen-bond donors (Lipinski definition) is 2. The number of rotatable bonds is 6. The lowest BCUT2D eigenvalue weighted by Gasteiger charge is -2.10. The smallest absolute Gasteiger partial charge is 0.258 e. The number of ether oxygens (including phenoxy) is 1. The third-order valence-electron chi connectivity index (χ3n) is 3.62. The van der Waals surface area contributed by atoms with Gasteiger partial charge in [0.15, 0.2) is 0 Å². The second-order valence-electron chi connectivity index (χ2n) is 5.70. The number of carbonyl (C=O) groups is 2. The molecule has 0 radical (unpaired) electrons. The van der Waals surface area contributed by atoms with Crippen LogP contribution in [0.2, 0.25) is 0 Å². The van der Waals surface area contributed by atoms with Crippen molar-refractivity contribution in [2.75, 3.05) is 17.7 Å². The lowest BCUT2D eigenvalue weighted by atomic mass is 10.2. The molecule has 0 spiro atoms. The third-order valence-corrected chi connectivity index (χ3v) is 4.61. The van der Waals surface area contributed by atoms with E-state index in [4.69, 9.17) is 4.74 Å². The molecular formula is C20H18N4O3S. The van der Waals surface area contributed by atoms with Gasteiger partial charge in [0.2, 0.25) is 5.91 Å². The summed E-state index contributed by atoms with van der Waals surface area (Å²) in [6, 6.07) is 14.0. The summed E-state index contributed by atoms with van der Waals surface area (Å²) in [7, 11) is 1.59. The Kier molecular flexibility index (Phi) is 6.23. The predicted molar refractivity (Wildman–Crippen MR) is 108 cm³/mol. The second kappa shape index (κ2) is 9.01. The molecule has 0 aliphatic rings. The maximum Gasteiger partial charge on any atom is 0.258 e. The second-order valence-corrected chi connectivity index (χ2v) is 6.76. The van der Waals surface area contributed by atoms with Crippen LogP contribution in [-0.2, 0) is 4.79 Å². The van der Waals surface area contributed by atoms with E-state index >= 15 is 0 Å². The summed E-state index contributed by atoms with van der Waals surface area (Å²) in [5.74, 6) is 0.736. The zero-order valence-corrected chi connectivity index (χ0v) is 16.1. The molecule has 142 valence electrons. The van der Waals surface area contributed by atoms with Crippen molar-refractivity contribution in [3.8, 4) is 5.75 Å². The minimum atomic E-state index is -0.261. The highest BCUT2D eigenvalue weighted by molar-refractivity contribution is 7.99. The minimum absolute atomic E-state index is 0.185. The number of carbonyl (C=O) groups excluding carboxylic acids is 2. The van der Waals surface area contributed by atoms with Crippen LogP contribution in [-0.4, -0.2) is 28.9 Å². The van der Waals surface area contributed by atoms with Gasteiger partial charge in [0.05, 0.1) is 12.7 Å². The molecule has 0 atom stereocenters. The van der Waals surface area contributed by atoms with E-state index in [9.17, 15) is 9.59 Å². The van der Waals surface area contributed by atoms with Gasteiger partial charge in [0.1, 0.15) is 16.6 Å². The molecule has 1 aromatic carbocycles. The molecule has 0 bridgehead atoms. The number of aromatic nitrogens is 2. The molecule has 3 rings (SSSR count). The molecule has 28 heavy (non-hydrogen) atoms. The van der Waals surface area contributed by atoms with Gasteiger partial charge in [-0.3, -0.25) is 9.59 Å². The van der Waals surface area contributed by atoms with E-state index in [2.05, 4.69) is 20.6 Å². The van der Waals surface area contributed by atoms with Crippen molar-refractivity contribution >= 4 is 35.1 Å². The average molecular weight is 394 g/mol. The van der Waals surface area contributed by atoms with Crippen LogP contribution in [0.1, 0.15) is 17.3 Å². The lowest BCUT2D eigenvalue weighted by Crippen LogP contribution is -2.13. The number of methoxy groups -OCH3 is 1. The quantitative estimate of drug-likeness (QED) is 0.660. The first-order valence-electron chi connectivity index (χ1n) is 8.37.